The zero-order chi connectivity index (χ0) is 11.2. The number of likely N-dealkylation sites (N-methyl/N-ethyl adjacent to an activating group) is 1. The van der Waals surface area contributed by atoms with Gasteiger partial charge >= 0.3 is 0 Å². The first-order valence-corrected chi connectivity index (χ1v) is 4.82. The standard InChI is InChI=1S/C10H12N2O3/c1-11-7(3-4-8(11)13)6-5-9(14)12(2)10(6)15/h3-5H2,1-2H3. The summed E-state index contributed by atoms with van der Waals surface area (Å²) in [5.74, 6) is -0.459. The minimum Gasteiger partial charge on any atom is -0.319 e. The monoisotopic (exact) mass is 208 g/mol. The normalized spacial score (nSPS) is 27.2. The van der Waals surface area contributed by atoms with E-state index in [9.17, 15) is 14.4 Å². The van der Waals surface area contributed by atoms with E-state index in [1.807, 2.05) is 0 Å². The highest BCUT2D eigenvalue weighted by atomic mass is 16.2. The Morgan fingerprint density at radius 1 is 0.933 bits per heavy atom. The molecular weight excluding hydrogens is 196 g/mol. The largest absolute Gasteiger partial charge is 0.319 e. The van der Waals surface area contributed by atoms with Gasteiger partial charge in [-0.1, -0.05) is 0 Å². The van der Waals surface area contributed by atoms with Gasteiger partial charge in [-0.2, -0.15) is 0 Å². The molecule has 0 unspecified atom stereocenters. The summed E-state index contributed by atoms with van der Waals surface area (Å²) in [4.78, 5) is 36.9. The summed E-state index contributed by atoms with van der Waals surface area (Å²) < 4.78 is 0. The molecule has 0 radical (unpaired) electrons. The lowest BCUT2D eigenvalue weighted by atomic mass is 10.1. The molecule has 0 saturated carbocycles. The third kappa shape index (κ3) is 1.35. The molecule has 80 valence electrons. The van der Waals surface area contributed by atoms with E-state index in [1.54, 1.807) is 7.05 Å². The van der Waals surface area contributed by atoms with Crippen LogP contribution in [0, 0.1) is 0 Å². The maximum Gasteiger partial charge on any atom is 0.258 e. The van der Waals surface area contributed by atoms with Gasteiger partial charge in [0.2, 0.25) is 11.8 Å². The van der Waals surface area contributed by atoms with E-state index in [0.29, 0.717) is 24.1 Å². The van der Waals surface area contributed by atoms with Crippen LogP contribution < -0.4 is 0 Å². The Hall–Kier alpha value is -1.65. The van der Waals surface area contributed by atoms with E-state index in [1.165, 1.54) is 11.9 Å². The Morgan fingerprint density at radius 2 is 1.60 bits per heavy atom. The fraction of sp³-hybridized carbons (Fsp3) is 0.500. The molecule has 5 nitrogen and oxygen atoms in total. The summed E-state index contributed by atoms with van der Waals surface area (Å²) in [6, 6.07) is 0. The van der Waals surface area contributed by atoms with Crippen LogP contribution in [0.15, 0.2) is 11.3 Å². The number of nitrogens with zero attached hydrogens (tertiary/aromatic N) is 2. The summed E-state index contributed by atoms with van der Waals surface area (Å²) >= 11 is 0. The van der Waals surface area contributed by atoms with E-state index in [4.69, 9.17) is 0 Å². The predicted octanol–water partition coefficient (Wildman–Crippen LogP) is -0.119. The molecule has 0 aromatic rings. The van der Waals surface area contributed by atoms with Crippen molar-refractivity contribution in [3.63, 3.8) is 0 Å². The van der Waals surface area contributed by atoms with Gasteiger partial charge in [0.25, 0.3) is 5.91 Å². The summed E-state index contributed by atoms with van der Waals surface area (Å²) in [6.07, 6.45) is 1.13. The van der Waals surface area contributed by atoms with Gasteiger partial charge in [-0.3, -0.25) is 19.3 Å². The van der Waals surface area contributed by atoms with E-state index < -0.39 is 0 Å². The molecule has 0 atom stereocenters. The van der Waals surface area contributed by atoms with Crippen molar-refractivity contribution in [3.8, 4) is 0 Å². The molecule has 0 aromatic heterocycles. The van der Waals surface area contributed by atoms with E-state index >= 15 is 0 Å². The van der Waals surface area contributed by atoms with Crippen molar-refractivity contribution >= 4 is 17.7 Å². The topological polar surface area (TPSA) is 57.7 Å². The second-order valence-corrected chi connectivity index (χ2v) is 3.81. The number of imide groups is 1. The molecule has 2 heterocycles. The number of carbonyl (C=O) groups is 3. The summed E-state index contributed by atoms with van der Waals surface area (Å²) in [5, 5.41) is 0. The Balaban J connectivity index is 2.39. The molecule has 5 heteroatoms. The maximum atomic E-state index is 11.7. The molecule has 2 rings (SSSR count). The lowest BCUT2D eigenvalue weighted by Crippen LogP contribution is -2.25. The number of carbonyl (C=O) groups excluding carboxylic acids is 3. The summed E-state index contributed by atoms with van der Waals surface area (Å²) in [5.41, 5.74) is 1.19. The molecule has 0 N–H and O–H groups in total. The van der Waals surface area contributed by atoms with Crippen molar-refractivity contribution in [2.24, 2.45) is 0 Å². The zero-order valence-electron chi connectivity index (χ0n) is 8.74. The van der Waals surface area contributed by atoms with Crippen molar-refractivity contribution in [1.29, 1.82) is 0 Å². The first kappa shape index (κ1) is 9.89. The van der Waals surface area contributed by atoms with Gasteiger partial charge in [-0.05, 0) is 6.42 Å². The third-order valence-electron chi connectivity index (χ3n) is 2.97. The molecule has 2 fully saturated rings. The molecule has 2 aliphatic heterocycles. The Kier molecular flexibility index (Phi) is 2.10. The second-order valence-electron chi connectivity index (χ2n) is 3.81. The first-order valence-electron chi connectivity index (χ1n) is 4.82. The van der Waals surface area contributed by atoms with Gasteiger partial charge < -0.3 is 4.90 Å². The number of hydrogen-bond donors (Lipinski definition) is 0. The van der Waals surface area contributed by atoms with Crippen LogP contribution in [0.25, 0.3) is 0 Å². The van der Waals surface area contributed by atoms with Gasteiger partial charge in [0.15, 0.2) is 0 Å². The van der Waals surface area contributed by atoms with Crippen LogP contribution in [0.4, 0.5) is 0 Å². The molecule has 2 saturated heterocycles. The predicted molar refractivity (Wildman–Crippen MR) is 51.4 cm³/mol. The number of allylic oxidation sites excluding steroid dienone is 1. The van der Waals surface area contributed by atoms with Crippen molar-refractivity contribution < 1.29 is 14.4 Å². The molecule has 3 amide bonds. The molecule has 0 aromatic carbocycles. The van der Waals surface area contributed by atoms with E-state index in [-0.39, 0.29) is 24.1 Å². The number of rotatable bonds is 0. The van der Waals surface area contributed by atoms with Crippen LogP contribution in [0.2, 0.25) is 0 Å². The first-order chi connectivity index (χ1) is 7.02. The lowest BCUT2D eigenvalue weighted by molar-refractivity contribution is -0.136. The molecule has 2 aliphatic rings. The van der Waals surface area contributed by atoms with Crippen LogP contribution in [-0.2, 0) is 14.4 Å². The second kappa shape index (κ2) is 3.18. The van der Waals surface area contributed by atoms with E-state index in [0.717, 1.165) is 4.90 Å². The van der Waals surface area contributed by atoms with Crippen molar-refractivity contribution in [3.05, 3.63) is 11.3 Å². The smallest absolute Gasteiger partial charge is 0.258 e. The highest BCUT2D eigenvalue weighted by Gasteiger charge is 2.36. The van der Waals surface area contributed by atoms with Gasteiger partial charge in [0, 0.05) is 31.8 Å². The van der Waals surface area contributed by atoms with E-state index in [2.05, 4.69) is 0 Å². The van der Waals surface area contributed by atoms with Crippen molar-refractivity contribution in [2.75, 3.05) is 14.1 Å². The average Bonchev–Trinajstić information content (AvgIpc) is 2.64. The highest BCUT2D eigenvalue weighted by Crippen LogP contribution is 2.29. The highest BCUT2D eigenvalue weighted by molar-refractivity contribution is 6.13. The lowest BCUT2D eigenvalue weighted by Gasteiger charge is -2.12. The summed E-state index contributed by atoms with van der Waals surface area (Å²) in [7, 11) is 3.11. The average molecular weight is 208 g/mol. The maximum absolute atomic E-state index is 11.7. The Bertz CT molecular complexity index is 397. The molecule has 0 aliphatic carbocycles. The number of likely N-dealkylation sites (tertiary alicyclic amines) is 2. The Morgan fingerprint density at radius 3 is 2.00 bits per heavy atom. The van der Waals surface area contributed by atoms with Crippen LogP contribution in [0.5, 0.6) is 0 Å². The molecule has 15 heavy (non-hydrogen) atoms. The van der Waals surface area contributed by atoms with Crippen molar-refractivity contribution in [1.82, 2.24) is 9.80 Å². The fourth-order valence-electron chi connectivity index (χ4n) is 1.95. The molecule has 0 bridgehead atoms. The van der Waals surface area contributed by atoms with Crippen LogP contribution in [0.1, 0.15) is 19.3 Å². The van der Waals surface area contributed by atoms with Gasteiger partial charge in [-0.15, -0.1) is 0 Å². The van der Waals surface area contributed by atoms with Crippen LogP contribution in [0.3, 0.4) is 0 Å². The fourth-order valence-corrected chi connectivity index (χ4v) is 1.95. The third-order valence-corrected chi connectivity index (χ3v) is 2.97. The van der Waals surface area contributed by atoms with Crippen LogP contribution in [-0.4, -0.2) is 41.6 Å². The number of amides is 3. The summed E-state index contributed by atoms with van der Waals surface area (Å²) in [6.45, 7) is 0. The number of hydrogen-bond acceptors (Lipinski definition) is 3. The molecular formula is C10H12N2O3. The van der Waals surface area contributed by atoms with Crippen molar-refractivity contribution in [2.45, 2.75) is 19.3 Å². The molecule has 0 spiro atoms. The Labute approximate surface area is 87.3 Å². The van der Waals surface area contributed by atoms with Gasteiger partial charge in [0.1, 0.15) is 0 Å². The van der Waals surface area contributed by atoms with Gasteiger partial charge in [0.05, 0.1) is 6.42 Å². The SMILES string of the molecule is CN1C(=O)CC(=C2CCC(=O)N2C)C1=O. The van der Waals surface area contributed by atoms with Crippen LogP contribution >= 0.6 is 0 Å². The zero-order valence-corrected chi connectivity index (χ0v) is 8.74. The minimum absolute atomic E-state index is 0.00676. The minimum atomic E-state index is -0.267. The van der Waals surface area contributed by atoms with Gasteiger partial charge in [-0.25, -0.2) is 0 Å². The quantitative estimate of drug-likeness (QED) is 0.412.